The highest BCUT2D eigenvalue weighted by Crippen LogP contribution is 2.32. The lowest BCUT2D eigenvalue weighted by atomic mass is 10.1. The Morgan fingerprint density at radius 3 is 2.95 bits per heavy atom. The molecule has 1 saturated heterocycles. The molecule has 4 nitrogen and oxygen atoms in total. The van der Waals surface area contributed by atoms with Crippen molar-refractivity contribution in [2.75, 3.05) is 6.54 Å². The minimum Gasteiger partial charge on any atom is -0.330 e. The Morgan fingerprint density at radius 1 is 1.30 bits per heavy atom. The zero-order valence-corrected chi connectivity index (χ0v) is 12.5. The molecule has 2 aromatic heterocycles. The minimum absolute atomic E-state index is 0.0161. The maximum absolute atomic E-state index is 12.6. The molecule has 5 heteroatoms. The van der Waals surface area contributed by atoms with Crippen molar-refractivity contribution in [1.29, 1.82) is 0 Å². The Labute approximate surface area is 126 Å². The van der Waals surface area contributed by atoms with Gasteiger partial charge in [0.15, 0.2) is 0 Å². The van der Waals surface area contributed by atoms with Crippen molar-refractivity contribution in [3.8, 4) is 0 Å². The Morgan fingerprint density at radius 2 is 2.20 bits per heavy atom. The Hall–Kier alpha value is -1.75. The fourth-order valence-corrected chi connectivity index (χ4v) is 2.95. The Kier molecular flexibility index (Phi) is 3.78. The molecule has 1 fully saturated rings. The van der Waals surface area contributed by atoms with Gasteiger partial charge in [0.25, 0.3) is 5.91 Å². The quantitative estimate of drug-likeness (QED) is 0.794. The third-order valence-electron chi connectivity index (χ3n) is 3.52. The summed E-state index contributed by atoms with van der Waals surface area (Å²) < 4.78 is 0.681. The van der Waals surface area contributed by atoms with Crippen LogP contribution >= 0.6 is 15.9 Å². The van der Waals surface area contributed by atoms with E-state index in [0.717, 1.165) is 24.9 Å². The first-order valence-electron chi connectivity index (χ1n) is 6.59. The number of hydrogen-bond acceptors (Lipinski definition) is 3. The molecule has 0 radical (unpaired) electrons. The molecule has 1 unspecified atom stereocenters. The van der Waals surface area contributed by atoms with Crippen molar-refractivity contribution in [2.45, 2.75) is 18.9 Å². The van der Waals surface area contributed by atoms with Crippen LogP contribution in [0.1, 0.15) is 34.9 Å². The summed E-state index contributed by atoms with van der Waals surface area (Å²) in [6.07, 6.45) is 5.58. The lowest BCUT2D eigenvalue weighted by molar-refractivity contribution is 0.0729. The molecule has 0 spiro atoms. The molecule has 3 heterocycles. The summed E-state index contributed by atoms with van der Waals surface area (Å²) in [4.78, 5) is 22.9. The summed E-state index contributed by atoms with van der Waals surface area (Å²) in [7, 11) is 0. The number of hydrogen-bond donors (Lipinski definition) is 0. The van der Waals surface area contributed by atoms with Gasteiger partial charge in [-0.05, 0) is 52.5 Å². The van der Waals surface area contributed by atoms with E-state index in [0.29, 0.717) is 10.3 Å². The average molecular weight is 332 g/mol. The zero-order chi connectivity index (χ0) is 13.9. The van der Waals surface area contributed by atoms with Gasteiger partial charge >= 0.3 is 0 Å². The van der Waals surface area contributed by atoms with Gasteiger partial charge < -0.3 is 4.90 Å². The highest BCUT2D eigenvalue weighted by Gasteiger charge is 2.31. The monoisotopic (exact) mass is 331 g/mol. The molecule has 0 aromatic carbocycles. The molecule has 102 valence electrons. The first-order valence-corrected chi connectivity index (χ1v) is 7.38. The number of likely N-dealkylation sites (tertiary alicyclic amines) is 1. The van der Waals surface area contributed by atoms with E-state index in [1.54, 1.807) is 12.3 Å². The lowest BCUT2D eigenvalue weighted by Gasteiger charge is -2.24. The van der Waals surface area contributed by atoms with Gasteiger partial charge in [-0.2, -0.15) is 0 Å². The number of nitrogens with zero attached hydrogens (tertiary/aromatic N) is 3. The average Bonchev–Trinajstić information content (AvgIpc) is 2.97. The number of rotatable bonds is 2. The van der Waals surface area contributed by atoms with E-state index in [9.17, 15) is 4.79 Å². The van der Waals surface area contributed by atoms with Gasteiger partial charge in [-0.15, -0.1) is 0 Å². The highest BCUT2D eigenvalue weighted by molar-refractivity contribution is 9.10. The molecule has 0 aliphatic carbocycles. The third kappa shape index (κ3) is 2.58. The van der Waals surface area contributed by atoms with E-state index < -0.39 is 0 Å². The number of amides is 1. The predicted molar refractivity (Wildman–Crippen MR) is 79.2 cm³/mol. The maximum Gasteiger partial charge on any atom is 0.273 e. The van der Waals surface area contributed by atoms with E-state index in [-0.39, 0.29) is 11.9 Å². The third-order valence-corrected chi connectivity index (χ3v) is 3.96. The Balaban J connectivity index is 1.87. The molecule has 0 bridgehead atoms. The van der Waals surface area contributed by atoms with E-state index in [1.165, 1.54) is 0 Å². The van der Waals surface area contributed by atoms with Crippen molar-refractivity contribution in [3.05, 3.63) is 58.6 Å². The molecule has 1 atom stereocenters. The van der Waals surface area contributed by atoms with Crippen molar-refractivity contribution >= 4 is 21.8 Å². The first kappa shape index (κ1) is 13.2. The van der Waals surface area contributed by atoms with Crippen molar-refractivity contribution in [2.24, 2.45) is 0 Å². The number of pyridine rings is 2. The molecule has 20 heavy (non-hydrogen) atoms. The lowest BCUT2D eigenvalue weighted by Crippen LogP contribution is -2.31. The largest absolute Gasteiger partial charge is 0.330 e. The molecular formula is C15H14BrN3O. The van der Waals surface area contributed by atoms with Crippen LogP contribution in [0.4, 0.5) is 0 Å². The summed E-state index contributed by atoms with van der Waals surface area (Å²) in [6, 6.07) is 9.45. The predicted octanol–water partition coefficient (Wildman–Crippen LogP) is 3.22. The van der Waals surface area contributed by atoms with E-state index in [1.807, 2.05) is 35.4 Å². The molecule has 1 amide bonds. The standard InChI is InChI=1S/C15H14BrN3O/c16-14-7-1-5-12(18-14)15(20)19-9-3-6-13(19)11-4-2-8-17-10-11/h1-2,4-5,7-8,10,13H,3,6,9H2. The normalized spacial score (nSPS) is 18.2. The summed E-state index contributed by atoms with van der Waals surface area (Å²) in [5.41, 5.74) is 1.57. The highest BCUT2D eigenvalue weighted by atomic mass is 79.9. The second kappa shape index (κ2) is 5.71. The van der Waals surface area contributed by atoms with Gasteiger partial charge in [0, 0.05) is 18.9 Å². The summed E-state index contributed by atoms with van der Waals surface area (Å²) in [5, 5.41) is 0. The van der Waals surface area contributed by atoms with E-state index in [2.05, 4.69) is 25.9 Å². The van der Waals surface area contributed by atoms with Crippen LogP contribution in [0.5, 0.6) is 0 Å². The second-order valence-corrected chi connectivity index (χ2v) is 5.60. The minimum atomic E-state index is -0.0161. The fourth-order valence-electron chi connectivity index (χ4n) is 2.60. The van der Waals surface area contributed by atoms with Gasteiger partial charge in [0.1, 0.15) is 10.3 Å². The van der Waals surface area contributed by atoms with Crippen LogP contribution in [-0.2, 0) is 0 Å². The van der Waals surface area contributed by atoms with Crippen LogP contribution in [0.3, 0.4) is 0 Å². The van der Waals surface area contributed by atoms with E-state index in [4.69, 9.17) is 0 Å². The van der Waals surface area contributed by atoms with Crippen molar-refractivity contribution < 1.29 is 4.79 Å². The molecular weight excluding hydrogens is 318 g/mol. The zero-order valence-electron chi connectivity index (χ0n) is 10.9. The Bertz CT molecular complexity index is 618. The molecule has 3 rings (SSSR count). The SMILES string of the molecule is O=C(c1cccc(Br)n1)N1CCCC1c1cccnc1. The van der Waals surface area contributed by atoms with E-state index >= 15 is 0 Å². The van der Waals surface area contributed by atoms with Gasteiger partial charge in [-0.1, -0.05) is 12.1 Å². The van der Waals surface area contributed by atoms with Crippen molar-refractivity contribution in [3.63, 3.8) is 0 Å². The van der Waals surface area contributed by atoms with Gasteiger partial charge in [0.05, 0.1) is 6.04 Å². The smallest absolute Gasteiger partial charge is 0.273 e. The number of halogens is 1. The topological polar surface area (TPSA) is 46.1 Å². The van der Waals surface area contributed by atoms with Crippen LogP contribution in [0.25, 0.3) is 0 Å². The van der Waals surface area contributed by atoms with Gasteiger partial charge in [-0.25, -0.2) is 4.98 Å². The molecule has 1 aliphatic heterocycles. The van der Waals surface area contributed by atoms with Crippen molar-refractivity contribution in [1.82, 2.24) is 14.9 Å². The summed E-state index contributed by atoms with van der Waals surface area (Å²) >= 11 is 3.31. The maximum atomic E-state index is 12.6. The number of aromatic nitrogens is 2. The van der Waals surface area contributed by atoms with Crippen LogP contribution < -0.4 is 0 Å². The fraction of sp³-hybridized carbons (Fsp3) is 0.267. The second-order valence-electron chi connectivity index (χ2n) is 4.79. The summed E-state index contributed by atoms with van der Waals surface area (Å²) in [5.74, 6) is -0.0161. The first-order chi connectivity index (χ1) is 9.75. The van der Waals surface area contributed by atoms with Crippen LogP contribution in [0.15, 0.2) is 47.3 Å². The van der Waals surface area contributed by atoms with Crippen LogP contribution in [0, 0.1) is 0 Å². The van der Waals surface area contributed by atoms with Gasteiger partial charge in [0.2, 0.25) is 0 Å². The molecule has 0 saturated carbocycles. The molecule has 2 aromatic rings. The number of carbonyl (C=O) groups excluding carboxylic acids is 1. The molecule has 1 aliphatic rings. The van der Waals surface area contributed by atoms with Crippen LogP contribution in [-0.4, -0.2) is 27.3 Å². The van der Waals surface area contributed by atoms with Gasteiger partial charge in [-0.3, -0.25) is 9.78 Å². The number of carbonyl (C=O) groups is 1. The summed E-state index contributed by atoms with van der Waals surface area (Å²) in [6.45, 7) is 0.770. The molecule has 0 N–H and O–H groups in total. The van der Waals surface area contributed by atoms with Crippen LogP contribution in [0.2, 0.25) is 0 Å².